The van der Waals surface area contributed by atoms with Gasteiger partial charge in [-0.05, 0) is 12.1 Å². The molecule has 0 atom stereocenters. The lowest BCUT2D eigenvalue weighted by Crippen LogP contribution is -2.45. The van der Waals surface area contributed by atoms with Crippen molar-refractivity contribution in [2.24, 2.45) is 0 Å². The summed E-state index contributed by atoms with van der Waals surface area (Å²) < 4.78 is 0. The number of hydrogen-bond donors (Lipinski definition) is 2. The molecule has 2 N–H and O–H groups in total. The van der Waals surface area contributed by atoms with Gasteiger partial charge in [-0.25, -0.2) is 4.98 Å². The number of piperazine rings is 1. The molecule has 5 nitrogen and oxygen atoms in total. The molecule has 1 saturated heterocycles. The van der Waals surface area contributed by atoms with Crippen LogP contribution in [0, 0.1) is 11.3 Å². The SMILES string of the molecule is N#Cc1cccnc1NCCN1CCNCC1. The Morgan fingerprint density at radius 2 is 2.29 bits per heavy atom. The molecule has 17 heavy (non-hydrogen) atoms. The van der Waals surface area contributed by atoms with Gasteiger partial charge in [-0.1, -0.05) is 0 Å². The van der Waals surface area contributed by atoms with E-state index in [0.717, 1.165) is 39.3 Å². The molecule has 0 spiro atoms. The highest BCUT2D eigenvalue weighted by atomic mass is 15.2. The first-order valence-corrected chi connectivity index (χ1v) is 5.92. The average Bonchev–Trinajstić information content (AvgIpc) is 2.40. The van der Waals surface area contributed by atoms with Gasteiger partial charge in [-0.3, -0.25) is 4.90 Å². The number of rotatable bonds is 4. The van der Waals surface area contributed by atoms with Crippen LogP contribution in [-0.2, 0) is 0 Å². The molecule has 0 saturated carbocycles. The van der Waals surface area contributed by atoms with E-state index in [1.54, 1.807) is 18.3 Å². The molecule has 0 unspecified atom stereocenters. The fourth-order valence-electron chi connectivity index (χ4n) is 1.90. The van der Waals surface area contributed by atoms with Gasteiger partial charge in [0.05, 0.1) is 5.56 Å². The topological polar surface area (TPSA) is 64.0 Å². The Hall–Kier alpha value is -1.64. The maximum atomic E-state index is 8.92. The summed E-state index contributed by atoms with van der Waals surface area (Å²) in [6.07, 6.45) is 1.70. The van der Waals surface area contributed by atoms with Crippen LogP contribution in [0.4, 0.5) is 5.82 Å². The summed E-state index contributed by atoms with van der Waals surface area (Å²) in [5.41, 5.74) is 0.604. The van der Waals surface area contributed by atoms with Gasteiger partial charge in [0.1, 0.15) is 11.9 Å². The van der Waals surface area contributed by atoms with E-state index in [4.69, 9.17) is 5.26 Å². The largest absolute Gasteiger partial charge is 0.368 e. The quantitative estimate of drug-likeness (QED) is 0.779. The van der Waals surface area contributed by atoms with Gasteiger partial charge in [0.2, 0.25) is 0 Å². The van der Waals surface area contributed by atoms with E-state index >= 15 is 0 Å². The van der Waals surface area contributed by atoms with Gasteiger partial charge in [-0.2, -0.15) is 5.26 Å². The molecule has 1 aliphatic rings. The van der Waals surface area contributed by atoms with Crippen LogP contribution in [0.15, 0.2) is 18.3 Å². The van der Waals surface area contributed by atoms with Crippen molar-refractivity contribution < 1.29 is 0 Å². The highest BCUT2D eigenvalue weighted by molar-refractivity contribution is 5.51. The molecule has 5 heteroatoms. The minimum atomic E-state index is 0.604. The van der Waals surface area contributed by atoms with Crippen molar-refractivity contribution in [3.05, 3.63) is 23.9 Å². The highest BCUT2D eigenvalue weighted by Crippen LogP contribution is 2.08. The summed E-state index contributed by atoms with van der Waals surface area (Å²) >= 11 is 0. The first kappa shape index (κ1) is 11.8. The van der Waals surface area contributed by atoms with Crippen molar-refractivity contribution >= 4 is 5.82 Å². The van der Waals surface area contributed by atoms with E-state index in [0.29, 0.717) is 11.4 Å². The number of nitrogens with one attached hydrogen (secondary N) is 2. The molecular weight excluding hydrogens is 214 g/mol. The molecule has 0 aliphatic carbocycles. The molecule has 1 aromatic rings. The Balaban J connectivity index is 1.79. The van der Waals surface area contributed by atoms with E-state index in [1.165, 1.54) is 0 Å². The number of pyridine rings is 1. The molecule has 90 valence electrons. The first-order chi connectivity index (χ1) is 8.40. The lowest BCUT2D eigenvalue weighted by atomic mass is 10.3. The Bertz CT molecular complexity index is 392. The van der Waals surface area contributed by atoms with Crippen LogP contribution in [0.25, 0.3) is 0 Å². The summed E-state index contributed by atoms with van der Waals surface area (Å²) in [6, 6.07) is 5.69. The minimum Gasteiger partial charge on any atom is -0.368 e. The van der Waals surface area contributed by atoms with Gasteiger partial charge < -0.3 is 10.6 Å². The zero-order chi connectivity index (χ0) is 11.9. The van der Waals surface area contributed by atoms with E-state index in [9.17, 15) is 0 Å². The molecular formula is C12H17N5. The molecule has 2 rings (SSSR count). The second kappa shape index (κ2) is 6.18. The number of anilines is 1. The summed E-state index contributed by atoms with van der Waals surface area (Å²) in [5.74, 6) is 0.685. The molecule has 1 fully saturated rings. The number of nitrogens with zero attached hydrogens (tertiary/aromatic N) is 3. The van der Waals surface area contributed by atoms with Crippen LogP contribution in [0.1, 0.15) is 5.56 Å². The van der Waals surface area contributed by atoms with E-state index in [-0.39, 0.29) is 0 Å². The highest BCUT2D eigenvalue weighted by Gasteiger charge is 2.09. The minimum absolute atomic E-state index is 0.604. The average molecular weight is 231 g/mol. The van der Waals surface area contributed by atoms with Gasteiger partial charge in [0.25, 0.3) is 0 Å². The molecule has 0 bridgehead atoms. The van der Waals surface area contributed by atoms with Gasteiger partial charge in [0.15, 0.2) is 0 Å². The fourth-order valence-corrected chi connectivity index (χ4v) is 1.90. The first-order valence-electron chi connectivity index (χ1n) is 5.92. The number of nitriles is 1. The maximum absolute atomic E-state index is 8.92. The second-order valence-electron chi connectivity index (χ2n) is 4.03. The third-order valence-electron chi connectivity index (χ3n) is 2.86. The lowest BCUT2D eigenvalue weighted by molar-refractivity contribution is 0.249. The van der Waals surface area contributed by atoms with Crippen molar-refractivity contribution in [2.45, 2.75) is 0 Å². The maximum Gasteiger partial charge on any atom is 0.143 e. The fraction of sp³-hybridized carbons (Fsp3) is 0.500. The van der Waals surface area contributed by atoms with Gasteiger partial charge >= 0.3 is 0 Å². The van der Waals surface area contributed by atoms with Gasteiger partial charge in [0, 0.05) is 45.5 Å². The monoisotopic (exact) mass is 231 g/mol. The molecule has 1 aliphatic heterocycles. The predicted molar refractivity (Wildman–Crippen MR) is 66.8 cm³/mol. The molecule has 2 heterocycles. The standard InChI is InChI=1S/C12H17N5/c13-10-11-2-1-3-15-12(11)16-6-9-17-7-4-14-5-8-17/h1-3,14H,4-9H2,(H,15,16). The van der Waals surface area contributed by atoms with Crippen LogP contribution in [0.2, 0.25) is 0 Å². The van der Waals surface area contributed by atoms with Crippen molar-refractivity contribution in [1.82, 2.24) is 15.2 Å². The summed E-state index contributed by atoms with van der Waals surface area (Å²) in [4.78, 5) is 6.57. The predicted octanol–water partition coefficient (Wildman–Crippen LogP) is 0.270. The zero-order valence-corrected chi connectivity index (χ0v) is 9.82. The summed E-state index contributed by atoms with van der Waals surface area (Å²) in [7, 11) is 0. The third-order valence-corrected chi connectivity index (χ3v) is 2.86. The number of hydrogen-bond acceptors (Lipinski definition) is 5. The van der Waals surface area contributed by atoms with Crippen molar-refractivity contribution in [2.75, 3.05) is 44.6 Å². The molecule has 1 aromatic heterocycles. The molecule has 0 amide bonds. The Morgan fingerprint density at radius 3 is 3.06 bits per heavy atom. The van der Waals surface area contributed by atoms with Crippen LogP contribution in [0.3, 0.4) is 0 Å². The van der Waals surface area contributed by atoms with E-state index in [1.807, 2.05) is 0 Å². The van der Waals surface area contributed by atoms with Crippen molar-refractivity contribution in [3.8, 4) is 6.07 Å². The van der Waals surface area contributed by atoms with Crippen molar-refractivity contribution in [1.29, 1.82) is 5.26 Å². The Morgan fingerprint density at radius 1 is 1.47 bits per heavy atom. The Labute approximate surface area is 101 Å². The van der Waals surface area contributed by atoms with E-state index < -0.39 is 0 Å². The van der Waals surface area contributed by atoms with Crippen LogP contribution in [0.5, 0.6) is 0 Å². The second-order valence-corrected chi connectivity index (χ2v) is 4.03. The summed E-state index contributed by atoms with van der Waals surface area (Å²) in [5, 5.41) is 15.5. The van der Waals surface area contributed by atoms with Crippen LogP contribution in [-0.4, -0.2) is 49.2 Å². The molecule has 0 radical (unpaired) electrons. The zero-order valence-electron chi connectivity index (χ0n) is 9.82. The summed E-state index contributed by atoms with van der Waals surface area (Å²) in [6.45, 7) is 6.12. The lowest BCUT2D eigenvalue weighted by Gasteiger charge is -2.27. The Kier molecular flexibility index (Phi) is 4.30. The van der Waals surface area contributed by atoms with Crippen molar-refractivity contribution in [3.63, 3.8) is 0 Å². The normalized spacial score (nSPS) is 16.4. The molecule has 0 aromatic carbocycles. The van der Waals surface area contributed by atoms with Gasteiger partial charge in [-0.15, -0.1) is 0 Å². The number of aromatic nitrogens is 1. The smallest absolute Gasteiger partial charge is 0.143 e. The third kappa shape index (κ3) is 3.41. The van der Waals surface area contributed by atoms with Crippen LogP contribution >= 0.6 is 0 Å². The van der Waals surface area contributed by atoms with Crippen LogP contribution < -0.4 is 10.6 Å². The van der Waals surface area contributed by atoms with E-state index in [2.05, 4.69) is 26.6 Å².